The van der Waals surface area contributed by atoms with Crippen LogP contribution in [-0.2, 0) is 6.54 Å². The van der Waals surface area contributed by atoms with Gasteiger partial charge in [-0.1, -0.05) is 43.3 Å². The third-order valence-corrected chi connectivity index (χ3v) is 7.43. The molecule has 2 aliphatic rings. The van der Waals surface area contributed by atoms with Gasteiger partial charge < -0.3 is 15.8 Å². The van der Waals surface area contributed by atoms with Crippen LogP contribution in [0.5, 0.6) is 5.75 Å². The number of rotatable bonds is 10. The Morgan fingerprint density at radius 3 is 2.62 bits per heavy atom. The number of carbonyl (C=O) groups is 1. The molecule has 1 aromatic heterocycles. The molecule has 1 heterocycles. The molecular formula is C27H41N7O2S. The van der Waals surface area contributed by atoms with Crippen LogP contribution in [0.3, 0.4) is 0 Å². The molecule has 10 heteroatoms. The Labute approximate surface area is 224 Å². The van der Waals surface area contributed by atoms with E-state index in [0.717, 1.165) is 22.6 Å². The normalized spacial score (nSPS) is 15.9. The minimum Gasteiger partial charge on any atom is -0.497 e. The number of hydrogen-bond acceptors (Lipinski definition) is 8. The smallest absolute Gasteiger partial charge is 0.270 e. The lowest BCUT2D eigenvalue weighted by atomic mass is 9.96. The molecule has 4 rings (SSSR count). The lowest BCUT2D eigenvalue weighted by Crippen LogP contribution is -2.30. The van der Waals surface area contributed by atoms with Crippen molar-refractivity contribution in [3.05, 3.63) is 58.9 Å². The van der Waals surface area contributed by atoms with E-state index in [1.54, 1.807) is 26.2 Å². The number of nitrogens with zero attached hydrogens (tertiary/aromatic N) is 3. The molecule has 2 aromatic rings. The number of hydrazine groups is 1. The SMILES string of the molecule is C1CCC(NSC2CC2)CC1.CCN(N)/N=C(\N)c1cc(C)nc(C(=O)NCc2cccc(OC)c2)c1. The molecule has 2 aliphatic carbocycles. The van der Waals surface area contributed by atoms with Gasteiger partial charge in [-0.25, -0.2) is 15.9 Å². The highest BCUT2D eigenvalue weighted by Gasteiger charge is 2.23. The van der Waals surface area contributed by atoms with Crippen LogP contribution in [0.15, 0.2) is 41.5 Å². The Morgan fingerprint density at radius 1 is 1.19 bits per heavy atom. The largest absolute Gasteiger partial charge is 0.497 e. The number of hydrazone groups is 1. The fourth-order valence-corrected chi connectivity index (χ4v) is 4.85. The van der Waals surface area contributed by atoms with E-state index >= 15 is 0 Å². The molecule has 2 saturated carbocycles. The van der Waals surface area contributed by atoms with Crippen molar-refractivity contribution in [1.29, 1.82) is 0 Å². The van der Waals surface area contributed by atoms with E-state index in [-0.39, 0.29) is 17.4 Å². The molecule has 0 radical (unpaired) electrons. The summed E-state index contributed by atoms with van der Waals surface area (Å²) in [5, 5.41) is 9.09. The minimum atomic E-state index is -0.300. The van der Waals surface area contributed by atoms with Gasteiger partial charge in [-0.3, -0.25) is 9.52 Å². The Kier molecular flexibility index (Phi) is 11.5. The van der Waals surface area contributed by atoms with Crippen LogP contribution in [0.25, 0.3) is 0 Å². The molecular weight excluding hydrogens is 486 g/mol. The quantitative estimate of drug-likeness (QED) is 0.120. The summed E-state index contributed by atoms with van der Waals surface area (Å²) in [4.78, 5) is 16.7. The van der Waals surface area contributed by atoms with Gasteiger partial charge in [-0.05, 0) is 69.4 Å². The standard InChI is InChI=1S/C18H24N6O2.C9H17NS/c1-4-24(20)23-17(19)14-8-12(2)22-16(10-14)18(25)21-11-13-6-5-7-15(9-13)26-3;1-2-4-8(5-3-1)10-11-9-6-7-9/h5-10H,4,11,20H2,1-3H3,(H2,19,23)(H,21,25);8-10H,1-7H2. The van der Waals surface area contributed by atoms with Gasteiger partial charge in [0.25, 0.3) is 5.91 Å². The van der Waals surface area contributed by atoms with Crippen molar-refractivity contribution in [3.8, 4) is 5.75 Å². The average molecular weight is 528 g/mol. The van der Waals surface area contributed by atoms with Crippen LogP contribution in [0.4, 0.5) is 0 Å². The number of carbonyl (C=O) groups excluding carboxylic acids is 1. The zero-order valence-corrected chi connectivity index (χ0v) is 23.0. The number of benzene rings is 1. The topological polar surface area (TPSA) is 131 Å². The number of ether oxygens (including phenoxy) is 1. The molecule has 0 unspecified atom stereocenters. The fourth-order valence-electron chi connectivity index (χ4n) is 3.85. The van der Waals surface area contributed by atoms with Crippen molar-refractivity contribution in [3.63, 3.8) is 0 Å². The average Bonchev–Trinajstić information content (AvgIpc) is 3.76. The molecule has 0 atom stereocenters. The van der Waals surface area contributed by atoms with Crippen LogP contribution in [-0.4, -0.2) is 46.8 Å². The molecule has 1 aromatic carbocycles. The summed E-state index contributed by atoms with van der Waals surface area (Å²) >= 11 is 2.00. The lowest BCUT2D eigenvalue weighted by molar-refractivity contribution is 0.0945. The first kappa shape index (κ1) is 28.7. The van der Waals surface area contributed by atoms with E-state index in [1.807, 2.05) is 43.1 Å². The van der Waals surface area contributed by atoms with Crippen molar-refractivity contribution in [2.75, 3.05) is 13.7 Å². The molecule has 0 bridgehead atoms. The van der Waals surface area contributed by atoms with Crippen LogP contribution in [0.1, 0.15) is 79.2 Å². The van der Waals surface area contributed by atoms with Gasteiger partial charge in [-0.15, -0.1) is 5.10 Å². The molecule has 0 spiro atoms. The van der Waals surface area contributed by atoms with Crippen molar-refractivity contribution in [2.24, 2.45) is 16.7 Å². The van der Waals surface area contributed by atoms with Crippen molar-refractivity contribution < 1.29 is 9.53 Å². The molecule has 2 fully saturated rings. The van der Waals surface area contributed by atoms with Crippen LogP contribution in [0, 0.1) is 6.92 Å². The Hall–Kier alpha value is -2.82. The number of aryl methyl sites for hydroxylation is 1. The van der Waals surface area contributed by atoms with Crippen LogP contribution >= 0.6 is 11.9 Å². The number of pyridine rings is 1. The van der Waals surface area contributed by atoms with E-state index < -0.39 is 0 Å². The Bertz CT molecular complexity index is 1040. The second kappa shape index (κ2) is 14.8. The minimum absolute atomic E-state index is 0.224. The number of amides is 1. The van der Waals surface area contributed by atoms with E-state index in [2.05, 4.69) is 20.1 Å². The summed E-state index contributed by atoms with van der Waals surface area (Å²) in [6, 6.07) is 11.7. The van der Waals surface area contributed by atoms with Crippen molar-refractivity contribution in [2.45, 2.75) is 76.6 Å². The first-order chi connectivity index (χ1) is 17.9. The monoisotopic (exact) mass is 527 g/mol. The number of amidine groups is 1. The number of nitrogens with two attached hydrogens (primary N) is 2. The maximum absolute atomic E-state index is 12.5. The molecule has 202 valence electrons. The zero-order valence-electron chi connectivity index (χ0n) is 22.2. The number of aromatic nitrogens is 1. The third-order valence-electron chi connectivity index (χ3n) is 6.16. The maximum Gasteiger partial charge on any atom is 0.270 e. The van der Waals surface area contributed by atoms with Crippen molar-refractivity contribution in [1.82, 2.24) is 20.1 Å². The fraction of sp³-hybridized carbons (Fsp3) is 0.519. The summed E-state index contributed by atoms with van der Waals surface area (Å²) in [7, 11) is 1.60. The van der Waals surface area contributed by atoms with E-state index in [9.17, 15) is 4.79 Å². The van der Waals surface area contributed by atoms with E-state index in [4.69, 9.17) is 16.3 Å². The maximum atomic E-state index is 12.5. The molecule has 6 N–H and O–H groups in total. The molecule has 37 heavy (non-hydrogen) atoms. The van der Waals surface area contributed by atoms with Crippen molar-refractivity contribution >= 4 is 23.7 Å². The first-order valence-corrected chi connectivity index (χ1v) is 13.9. The lowest BCUT2D eigenvalue weighted by Gasteiger charge is -2.21. The summed E-state index contributed by atoms with van der Waals surface area (Å²) in [6.07, 6.45) is 10.1. The summed E-state index contributed by atoms with van der Waals surface area (Å²) in [5.74, 6) is 6.30. The molecule has 0 aliphatic heterocycles. The van der Waals surface area contributed by atoms with Gasteiger partial charge in [-0.2, -0.15) is 0 Å². The van der Waals surface area contributed by atoms with Gasteiger partial charge in [0.15, 0.2) is 5.84 Å². The zero-order chi connectivity index (χ0) is 26.6. The molecule has 0 saturated heterocycles. The number of methoxy groups -OCH3 is 1. The number of nitrogens with one attached hydrogen (secondary N) is 2. The van der Waals surface area contributed by atoms with Gasteiger partial charge >= 0.3 is 0 Å². The third kappa shape index (κ3) is 10.2. The van der Waals surface area contributed by atoms with Gasteiger partial charge in [0, 0.05) is 29.1 Å². The van der Waals surface area contributed by atoms with Gasteiger partial charge in [0.05, 0.1) is 13.7 Å². The highest BCUT2D eigenvalue weighted by Crippen LogP contribution is 2.33. The van der Waals surface area contributed by atoms with E-state index in [0.29, 0.717) is 24.3 Å². The predicted octanol–water partition coefficient (Wildman–Crippen LogP) is 3.86. The molecule has 9 nitrogen and oxygen atoms in total. The van der Waals surface area contributed by atoms with E-state index in [1.165, 1.54) is 50.1 Å². The van der Waals surface area contributed by atoms with Gasteiger partial charge in [0.1, 0.15) is 11.4 Å². The highest BCUT2D eigenvalue weighted by atomic mass is 32.2. The Morgan fingerprint density at radius 2 is 1.95 bits per heavy atom. The molecule has 1 amide bonds. The second-order valence-corrected chi connectivity index (χ2v) is 10.6. The first-order valence-electron chi connectivity index (χ1n) is 13.1. The second-order valence-electron chi connectivity index (χ2n) is 9.43. The highest BCUT2D eigenvalue weighted by molar-refractivity contribution is 7.98. The predicted molar refractivity (Wildman–Crippen MR) is 151 cm³/mol. The van der Waals surface area contributed by atoms with Crippen LogP contribution in [0.2, 0.25) is 0 Å². The summed E-state index contributed by atoms with van der Waals surface area (Å²) in [6.45, 7) is 4.51. The summed E-state index contributed by atoms with van der Waals surface area (Å²) in [5.41, 5.74) is 8.40. The van der Waals surface area contributed by atoms with Gasteiger partial charge in [0.2, 0.25) is 0 Å². The Balaban J connectivity index is 0.000000284. The van der Waals surface area contributed by atoms with Crippen LogP contribution < -0.4 is 26.4 Å². The summed E-state index contributed by atoms with van der Waals surface area (Å²) < 4.78 is 8.78. The number of hydrogen-bond donors (Lipinski definition) is 4.